The van der Waals surface area contributed by atoms with E-state index in [1.165, 1.54) is 0 Å². The topological polar surface area (TPSA) is 52.0 Å². The maximum Gasteiger partial charge on any atom is 0.143 e. The minimum Gasteiger partial charge on any atom is -0.496 e. The van der Waals surface area contributed by atoms with Crippen LogP contribution in [0.4, 0.5) is 0 Å². The third-order valence-electron chi connectivity index (χ3n) is 2.98. The SMILES string of the molecule is COc1cc(Cl)ccc1CNC(C)c1ncnn1C. The van der Waals surface area contributed by atoms with Crippen molar-refractivity contribution >= 4 is 11.6 Å². The summed E-state index contributed by atoms with van der Waals surface area (Å²) in [6.45, 7) is 2.72. The van der Waals surface area contributed by atoms with Crippen LogP contribution in [0.15, 0.2) is 24.5 Å². The van der Waals surface area contributed by atoms with Crippen LogP contribution in [0.1, 0.15) is 24.4 Å². The molecule has 2 rings (SSSR count). The summed E-state index contributed by atoms with van der Waals surface area (Å²) in [4.78, 5) is 4.22. The van der Waals surface area contributed by atoms with Crippen LogP contribution in [0.2, 0.25) is 5.02 Å². The van der Waals surface area contributed by atoms with Gasteiger partial charge in [-0.15, -0.1) is 0 Å². The number of hydrogen-bond acceptors (Lipinski definition) is 4. The van der Waals surface area contributed by atoms with Crippen molar-refractivity contribution in [1.82, 2.24) is 20.1 Å². The maximum absolute atomic E-state index is 5.94. The van der Waals surface area contributed by atoms with E-state index in [2.05, 4.69) is 15.4 Å². The summed E-state index contributed by atoms with van der Waals surface area (Å²) in [5, 5.41) is 8.12. The van der Waals surface area contributed by atoms with Gasteiger partial charge in [0, 0.05) is 24.2 Å². The molecule has 0 saturated heterocycles. The van der Waals surface area contributed by atoms with E-state index in [0.29, 0.717) is 11.6 Å². The highest BCUT2D eigenvalue weighted by Gasteiger charge is 2.11. The molecule has 1 atom stereocenters. The summed E-state index contributed by atoms with van der Waals surface area (Å²) < 4.78 is 7.08. The lowest BCUT2D eigenvalue weighted by Crippen LogP contribution is -2.21. The Kier molecular flexibility index (Phi) is 4.39. The zero-order valence-electron chi connectivity index (χ0n) is 11.2. The molecule has 0 fully saturated rings. The molecule has 19 heavy (non-hydrogen) atoms. The number of rotatable bonds is 5. The highest BCUT2D eigenvalue weighted by molar-refractivity contribution is 6.30. The Morgan fingerprint density at radius 2 is 2.26 bits per heavy atom. The number of benzene rings is 1. The summed E-state index contributed by atoms with van der Waals surface area (Å²) in [6, 6.07) is 5.73. The predicted octanol–water partition coefficient (Wildman–Crippen LogP) is 2.33. The Labute approximate surface area is 117 Å². The van der Waals surface area contributed by atoms with Gasteiger partial charge < -0.3 is 10.1 Å². The lowest BCUT2D eigenvalue weighted by molar-refractivity contribution is 0.405. The number of nitrogens with zero attached hydrogens (tertiary/aromatic N) is 3. The minimum absolute atomic E-state index is 0.105. The molecular weight excluding hydrogens is 264 g/mol. The minimum atomic E-state index is 0.105. The molecule has 0 spiro atoms. The molecule has 6 heteroatoms. The van der Waals surface area contributed by atoms with Gasteiger partial charge in [-0.25, -0.2) is 4.98 Å². The van der Waals surface area contributed by atoms with Gasteiger partial charge in [0.1, 0.15) is 17.9 Å². The fourth-order valence-corrected chi connectivity index (χ4v) is 2.08. The molecule has 0 amide bonds. The molecule has 0 aliphatic carbocycles. The third kappa shape index (κ3) is 3.24. The molecule has 0 saturated carbocycles. The van der Waals surface area contributed by atoms with Crippen molar-refractivity contribution in [3.05, 3.63) is 40.9 Å². The smallest absolute Gasteiger partial charge is 0.143 e. The number of hydrogen-bond donors (Lipinski definition) is 1. The standard InChI is InChI=1S/C13H17ClN4O/c1-9(13-16-8-17-18(13)2)15-7-10-4-5-11(14)6-12(10)19-3/h4-6,8-9,15H,7H2,1-3H3. The zero-order chi connectivity index (χ0) is 13.8. The molecule has 102 valence electrons. The van der Waals surface area contributed by atoms with E-state index in [0.717, 1.165) is 17.1 Å². The van der Waals surface area contributed by atoms with Crippen LogP contribution in [0.3, 0.4) is 0 Å². The summed E-state index contributed by atoms with van der Waals surface area (Å²) in [5.41, 5.74) is 1.06. The first-order valence-corrected chi connectivity index (χ1v) is 6.39. The van der Waals surface area contributed by atoms with Crippen LogP contribution < -0.4 is 10.1 Å². The summed E-state index contributed by atoms with van der Waals surface area (Å²) in [6.07, 6.45) is 1.55. The molecule has 1 aromatic heterocycles. The van der Waals surface area contributed by atoms with E-state index in [1.54, 1.807) is 18.1 Å². The van der Waals surface area contributed by atoms with Gasteiger partial charge >= 0.3 is 0 Å². The zero-order valence-corrected chi connectivity index (χ0v) is 12.0. The number of halogens is 1. The second-order valence-corrected chi connectivity index (χ2v) is 4.74. The normalized spacial score (nSPS) is 12.4. The van der Waals surface area contributed by atoms with E-state index in [4.69, 9.17) is 16.3 Å². The van der Waals surface area contributed by atoms with Gasteiger partial charge in [-0.05, 0) is 19.1 Å². The molecule has 1 aromatic carbocycles. The maximum atomic E-state index is 5.94. The molecule has 1 N–H and O–H groups in total. The Balaban J connectivity index is 2.05. The van der Waals surface area contributed by atoms with Crippen LogP contribution in [0.25, 0.3) is 0 Å². The van der Waals surface area contributed by atoms with Crippen molar-refractivity contribution in [2.75, 3.05) is 7.11 Å². The fraction of sp³-hybridized carbons (Fsp3) is 0.385. The van der Waals surface area contributed by atoms with E-state index in [-0.39, 0.29) is 6.04 Å². The van der Waals surface area contributed by atoms with Gasteiger partial charge in [-0.3, -0.25) is 4.68 Å². The second-order valence-electron chi connectivity index (χ2n) is 4.30. The molecule has 1 heterocycles. The quantitative estimate of drug-likeness (QED) is 0.913. The molecular formula is C13H17ClN4O. The van der Waals surface area contributed by atoms with E-state index in [1.807, 2.05) is 32.2 Å². The first kappa shape index (κ1) is 13.8. The van der Waals surface area contributed by atoms with Crippen molar-refractivity contribution in [2.24, 2.45) is 7.05 Å². The summed E-state index contributed by atoms with van der Waals surface area (Å²) in [5.74, 6) is 1.68. The van der Waals surface area contributed by atoms with Crippen LogP contribution >= 0.6 is 11.6 Å². The molecule has 0 aliphatic rings. The van der Waals surface area contributed by atoms with Crippen molar-refractivity contribution in [3.8, 4) is 5.75 Å². The Morgan fingerprint density at radius 1 is 1.47 bits per heavy atom. The van der Waals surface area contributed by atoms with Crippen molar-refractivity contribution in [3.63, 3.8) is 0 Å². The van der Waals surface area contributed by atoms with Crippen LogP contribution in [0.5, 0.6) is 5.75 Å². The number of aryl methyl sites for hydroxylation is 1. The van der Waals surface area contributed by atoms with Crippen molar-refractivity contribution in [2.45, 2.75) is 19.5 Å². The highest BCUT2D eigenvalue weighted by Crippen LogP contribution is 2.23. The molecule has 0 aliphatic heterocycles. The van der Waals surface area contributed by atoms with E-state index >= 15 is 0 Å². The Morgan fingerprint density at radius 3 is 2.89 bits per heavy atom. The monoisotopic (exact) mass is 280 g/mol. The fourth-order valence-electron chi connectivity index (χ4n) is 1.92. The average Bonchev–Trinajstić information content (AvgIpc) is 2.83. The highest BCUT2D eigenvalue weighted by atomic mass is 35.5. The molecule has 5 nitrogen and oxygen atoms in total. The number of nitrogens with one attached hydrogen (secondary N) is 1. The number of aromatic nitrogens is 3. The number of ether oxygens (including phenoxy) is 1. The van der Waals surface area contributed by atoms with Gasteiger partial charge in [0.25, 0.3) is 0 Å². The Hall–Kier alpha value is -1.59. The molecule has 1 unspecified atom stereocenters. The van der Waals surface area contributed by atoms with Crippen LogP contribution in [-0.4, -0.2) is 21.9 Å². The first-order chi connectivity index (χ1) is 9.11. The molecule has 2 aromatic rings. The first-order valence-electron chi connectivity index (χ1n) is 6.01. The summed E-state index contributed by atoms with van der Waals surface area (Å²) >= 11 is 5.94. The third-order valence-corrected chi connectivity index (χ3v) is 3.22. The lowest BCUT2D eigenvalue weighted by atomic mass is 10.2. The van der Waals surface area contributed by atoms with E-state index in [9.17, 15) is 0 Å². The largest absolute Gasteiger partial charge is 0.496 e. The molecule has 0 bridgehead atoms. The van der Waals surface area contributed by atoms with Gasteiger partial charge in [0.15, 0.2) is 0 Å². The van der Waals surface area contributed by atoms with Crippen LogP contribution in [0, 0.1) is 0 Å². The van der Waals surface area contributed by atoms with Crippen molar-refractivity contribution in [1.29, 1.82) is 0 Å². The average molecular weight is 281 g/mol. The number of methoxy groups -OCH3 is 1. The van der Waals surface area contributed by atoms with Gasteiger partial charge in [-0.2, -0.15) is 5.10 Å². The summed E-state index contributed by atoms with van der Waals surface area (Å²) in [7, 11) is 3.52. The lowest BCUT2D eigenvalue weighted by Gasteiger charge is -2.14. The second kappa shape index (κ2) is 6.04. The predicted molar refractivity (Wildman–Crippen MR) is 74.3 cm³/mol. The van der Waals surface area contributed by atoms with E-state index < -0.39 is 0 Å². The molecule has 0 radical (unpaired) electrons. The van der Waals surface area contributed by atoms with Gasteiger partial charge in [0.05, 0.1) is 13.2 Å². The Bertz CT molecular complexity index is 555. The van der Waals surface area contributed by atoms with Crippen molar-refractivity contribution < 1.29 is 4.74 Å². The van der Waals surface area contributed by atoms with Crippen LogP contribution in [-0.2, 0) is 13.6 Å². The van der Waals surface area contributed by atoms with Gasteiger partial charge in [0.2, 0.25) is 0 Å². The van der Waals surface area contributed by atoms with Gasteiger partial charge in [-0.1, -0.05) is 17.7 Å².